The van der Waals surface area contributed by atoms with E-state index >= 15 is 0 Å². The molecule has 0 radical (unpaired) electrons. The Kier molecular flexibility index (Phi) is 6.64. The first-order valence-electron chi connectivity index (χ1n) is 12.8. The summed E-state index contributed by atoms with van der Waals surface area (Å²) < 4.78 is 7.93. The molecule has 6 heteroatoms. The lowest BCUT2D eigenvalue weighted by Gasteiger charge is -2.47. The second-order valence-corrected chi connectivity index (χ2v) is 12.4. The van der Waals surface area contributed by atoms with Crippen molar-refractivity contribution in [3.63, 3.8) is 0 Å². The van der Waals surface area contributed by atoms with Gasteiger partial charge in [0.15, 0.2) is 0 Å². The van der Waals surface area contributed by atoms with Crippen LogP contribution >= 0.6 is 0 Å². The highest BCUT2D eigenvalue weighted by Gasteiger charge is 2.46. The van der Waals surface area contributed by atoms with Crippen molar-refractivity contribution in [2.75, 3.05) is 6.54 Å². The number of amides is 1. The molecule has 4 rings (SSSR count). The summed E-state index contributed by atoms with van der Waals surface area (Å²) in [5.74, 6) is 0. The molecule has 35 heavy (non-hydrogen) atoms. The SMILES string of the molecule is CC(c1ccc(-c2ccn(C3CC3)c(=O)c2)cc1)N1CC[C@@](CC(C)(C)C)(CC(C)(C)O)OC1=O. The van der Waals surface area contributed by atoms with Crippen LogP contribution in [0, 0.1) is 5.41 Å². The van der Waals surface area contributed by atoms with E-state index < -0.39 is 11.2 Å². The van der Waals surface area contributed by atoms with Crippen molar-refractivity contribution in [3.05, 3.63) is 58.5 Å². The number of hydrogen-bond donors (Lipinski definition) is 1. The highest BCUT2D eigenvalue weighted by molar-refractivity contribution is 5.70. The molecule has 1 unspecified atom stereocenters. The fraction of sp³-hybridized carbons (Fsp3) is 0.586. The zero-order valence-electron chi connectivity index (χ0n) is 22.0. The third-order valence-corrected chi connectivity index (χ3v) is 7.04. The predicted octanol–water partition coefficient (Wildman–Crippen LogP) is 6.09. The Hall–Kier alpha value is -2.60. The summed E-state index contributed by atoms with van der Waals surface area (Å²) in [6, 6.07) is 12.0. The summed E-state index contributed by atoms with van der Waals surface area (Å²) in [5, 5.41) is 10.5. The van der Waals surface area contributed by atoms with Gasteiger partial charge >= 0.3 is 6.09 Å². The molecule has 2 heterocycles. The third-order valence-electron chi connectivity index (χ3n) is 7.04. The van der Waals surface area contributed by atoms with Crippen LogP contribution in [0.5, 0.6) is 0 Å². The number of rotatable bonds is 7. The molecule has 1 aromatic carbocycles. The first-order chi connectivity index (χ1) is 16.3. The molecule has 1 aliphatic carbocycles. The van der Waals surface area contributed by atoms with Crippen LogP contribution < -0.4 is 5.56 Å². The minimum absolute atomic E-state index is 0.0333. The lowest BCUT2D eigenvalue weighted by molar-refractivity contribution is -0.112. The van der Waals surface area contributed by atoms with E-state index in [4.69, 9.17) is 4.74 Å². The van der Waals surface area contributed by atoms with Crippen LogP contribution in [-0.4, -0.2) is 38.4 Å². The maximum atomic E-state index is 13.2. The molecule has 1 amide bonds. The Morgan fingerprint density at radius 2 is 1.69 bits per heavy atom. The number of ether oxygens (including phenoxy) is 1. The minimum atomic E-state index is -0.922. The van der Waals surface area contributed by atoms with Gasteiger partial charge in [-0.3, -0.25) is 4.79 Å². The van der Waals surface area contributed by atoms with E-state index in [1.807, 2.05) is 48.0 Å². The second kappa shape index (κ2) is 9.12. The van der Waals surface area contributed by atoms with Crippen LogP contribution in [-0.2, 0) is 4.74 Å². The van der Waals surface area contributed by atoms with E-state index in [0.29, 0.717) is 31.8 Å². The lowest BCUT2D eigenvalue weighted by Crippen LogP contribution is -2.54. The van der Waals surface area contributed by atoms with Crippen molar-refractivity contribution in [2.24, 2.45) is 5.41 Å². The van der Waals surface area contributed by atoms with Crippen molar-refractivity contribution < 1.29 is 14.6 Å². The fourth-order valence-electron chi connectivity index (χ4n) is 5.59. The first kappa shape index (κ1) is 25.5. The Balaban J connectivity index is 1.48. The number of nitrogens with zero attached hydrogens (tertiary/aromatic N) is 2. The standard InChI is InChI=1S/C29H40N2O4/c1-20(30-16-14-29(35-26(30)33,18-27(2,3)4)19-28(5,6)34)21-7-9-22(10-8-21)23-13-15-31(24-11-12-24)25(32)17-23/h7-10,13,15,17,20,24,34H,11-12,14,16,18-19H2,1-6H3/t20?,29-/m1/s1. The number of carbonyl (C=O) groups excluding carboxylic acids is 1. The molecular formula is C29H40N2O4. The van der Waals surface area contributed by atoms with Gasteiger partial charge in [0.25, 0.3) is 5.56 Å². The first-order valence-corrected chi connectivity index (χ1v) is 12.8. The summed E-state index contributed by atoms with van der Waals surface area (Å²) in [6.07, 6.45) is 5.53. The van der Waals surface area contributed by atoms with E-state index in [9.17, 15) is 14.7 Å². The van der Waals surface area contributed by atoms with Crippen molar-refractivity contribution in [1.82, 2.24) is 9.47 Å². The van der Waals surface area contributed by atoms with Gasteiger partial charge in [0.2, 0.25) is 0 Å². The smallest absolute Gasteiger partial charge is 0.410 e. The zero-order valence-corrected chi connectivity index (χ0v) is 22.0. The number of pyridine rings is 1. The van der Waals surface area contributed by atoms with Crippen molar-refractivity contribution >= 4 is 6.09 Å². The molecular weight excluding hydrogens is 440 g/mol. The minimum Gasteiger partial charge on any atom is -0.443 e. The summed E-state index contributed by atoms with van der Waals surface area (Å²) >= 11 is 0. The van der Waals surface area contributed by atoms with Crippen LogP contribution in [0.1, 0.15) is 91.3 Å². The Morgan fingerprint density at radius 3 is 2.20 bits per heavy atom. The number of cyclic esters (lactones) is 1. The summed E-state index contributed by atoms with van der Waals surface area (Å²) in [6.45, 7) is 12.5. The Bertz CT molecular complexity index is 1100. The van der Waals surface area contributed by atoms with Gasteiger partial charge in [-0.05, 0) is 68.2 Å². The summed E-state index contributed by atoms with van der Waals surface area (Å²) in [5.41, 5.74) is 1.32. The molecule has 2 aromatic rings. The van der Waals surface area contributed by atoms with E-state index in [2.05, 4.69) is 20.8 Å². The van der Waals surface area contributed by atoms with Crippen LogP contribution in [0.2, 0.25) is 0 Å². The normalized spacial score (nSPS) is 22.1. The quantitative estimate of drug-likeness (QED) is 0.521. The molecule has 1 saturated carbocycles. The Labute approximate surface area is 208 Å². The van der Waals surface area contributed by atoms with E-state index in [-0.39, 0.29) is 23.1 Å². The average molecular weight is 481 g/mol. The number of aromatic nitrogens is 1. The summed E-state index contributed by atoms with van der Waals surface area (Å²) in [4.78, 5) is 27.4. The van der Waals surface area contributed by atoms with Gasteiger partial charge in [-0.2, -0.15) is 0 Å². The molecule has 1 N–H and O–H groups in total. The molecule has 1 aliphatic heterocycles. The molecule has 2 fully saturated rings. The van der Waals surface area contributed by atoms with Crippen LogP contribution in [0.25, 0.3) is 11.1 Å². The van der Waals surface area contributed by atoms with Gasteiger partial charge in [-0.1, -0.05) is 45.0 Å². The highest BCUT2D eigenvalue weighted by atomic mass is 16.6. The molecule has 1 saturated heterocycles. The molecule has 190 valence electrons. The van der Waals surface area contributed by atoms with E-state index in [1.165, 1.54) is 0 Å². The van der Waals surface area contributed by atoms with Gasteiger partial charge < -0.3 is 19.3 Å². The molecule has 2 atom stereocenters. The third kappa shape index (κ3) is 6.16. The van der Waals surface area contributed by atoms with Gasteiger partial charge in [-0.25, -0.2) is 4.79 Å². The predicted molar refractivity (Wildman–Crippen MR) is 138 cm³/mol. The number of aliphatic hydroxyl groups is 1. The highest BCUT2D eigenvalue weighted by Crippen LogP contribution is 2.42. The van der Waals surface area contributed by atoms with Crippen molar-refractivity contribution in [3.8, 4) is 11.1 Å². The molecule has 6 nitrogen and oxygen atoms in total. The van der Waals surface area contributed by atoms with Crippen molar-refractivity contribution in [1.29, 1.82) is 0 Å². The Morgan fingerprint density at radius 1 is 1.03 bits per heavy atom. The van der Waals surface area contributed by atoms with Gasteiger partial charge in [0.1, 0.15) is 5.60 Å². The number of hydrogen-bond acceptors (Lipinski definition) is 4. The summed E-state index contributed by atoms with van der Waals surface area (Å²) in [7, 11) is 0. The second-order valence-electron chi connectivity index (χ2n) is 12.4. The van der Waals surface area contributed by atoms with Crippen LogP contribution in [0.4, 0.5) is 4.79 Å². The maximum Gasteiger partial charge on any atom is 0.410 e. The van der Waals surface area contributed by atoms with Crippen LogP contribution in [0.3, 0.4) is 0 Å². The van der Waals surface area contributed by atoms with E-state index in [1.54, 1.807) is 24.8 Å². The lowest BCUT2D eigenvalue weighted by atomic mass is 9.74. The topological polar surface area (TPSA) is 71.8 Å². The van der Waals surface area contributed by atoms with Crippen LogP contribution in [0.15, 0.2) is 47.4 Å². The monoisotopic (exact) mass is 480 g/mol. The molecule has 0 bridgehead atoms. The maximum absolute atomic E-state index is 13.2. The molecule has 2 aliphatic rings. The zero-order chi connectivity index (χ0) is 25.6. The average Bonchev–Trinajstić information content (AvgIpc) is 3.56. The molecule has 1 aromatic heterocycles. The number of carbonyl (C=O) groups is 1. The van der Waals surface area contributed by atoms with E-state index in [0.717, 1.165) is 29.5 Å². The van der Waals surface area contributed by atoms with Gasteiger partial charge in [0, 0.05) is 37.7 Å². The molecule has 0 spiro atoms. The fourth-order valence-corrected chi connectivity index (χ4v) is 5.59. The van der Waals surface area contributed by atoms with Gasteiger partial charge in [-0.15, -0.1) is 0 Å². The van der Waals surface area contributed by atoms with Crippen molar-refractivity contribution in [2.45, 2.75) is 96.9 Å². The van der Waals surface area contributed by atoms with Gasteiger partial charge in [0.05, 0.1) is 11.6 Å². The number of benzene rings is 1. The largest absolute Gasteiger partial charge is 0.443 e.